The average Bonchev–Trinajstić information content (AvgIpc) is 3.26. The van der Waals surface area contributed by atoms with Crippen molar-refractivity contribution in [2.45, 2.75) is 44.1 Å². The van der Waals surface area contributed by atoms with Gasteiger partial charge in [0.25, 0.3) is 0 Å². The first-order chi connectivity index (χ1) is 11.6. The molecule has 1 aliphatic carbocycles. The number of hydrogen-bond donors (Lipinski definition) is 3. The summed E-state index contributed by atoms with van der Waals surface area (Å²) >= 11 is 0. The summed E-state index contributed by atoms with van der Waals surface area (Å²) in [5, 5.41) is 14.0. The number of aliphatic carboxylic acids is 1. The van der Waals surface area contributed by atoms with Crippen LogP contribution in [0, 0.1) is 0 Å². The predicted molar refractivity (Wildman–Crippen MR) is 91.2 cm³/mol. The first kappa shape index (κ1) is 16.5. The molecule has 24 heavy (non-hydrogen) atoms. The molecule has 4 rings (SSSR count). The Labute approximate surface area is 141 Å². The van der Waals surface area contributed by atoms with Gasteiger partial charge in [-0.05, 0) is 36.8 Å². The smallest absolute Gasteiger partial charge is 0.326 e. The second kappa shape index (κ2) is 7.47. The molecule has 1 fully saturated rings. The monoisotopic (exact) mass is 329 g/mol. The Morgan fingerprint density at radius 1 is 1.21 bits per heavy atom. The van der Waals surface area contributed by atoms with Gasteiger partial charge in [-0.2, -0.15) is 0 Å². The van der Waals surface area contributed by atoms with Crippen molar-refractivity contribution in [1.29, 1.82) is 0 Å². The van der Waals surface area contributed by atoms with Crippen LogP contribution in [0.25, 0.3) is 0 Å². The molecule has 0 radical (unpaired) electrons. The third-order valence-electron chi connectivity index (χ3n) is 4.69. The lowest BCUT2D eigenvalue weighted by molar-refractivity contribution is -0.140. The zero-order valence-electron chi connectivity index (χ0n) is 13.6. The van der Waals surface area contributed by atoms with E-state index in [0.29, 0.717) is 18.8 Å². The van der Waals surface area contributed by atoms with Crippen molar-refractivity contribution < 1.29 is 14.7 Å². The molecule has 1 saturated heterocycles. The second-order valence-corrected chi connectivity index (χ2v) is 6.33. The van der Waals surface area contributed by atoms with Crippen LogP contribution in [0.15, 0.2) is 29.3 Å². The minimum Gasteiger partial charge on any atom is -0.480 e. The number of nitrogens with zero attached hydrogens (tertiary/aromatic N) is 1. The lowest BCUT2D eigenvalue weighted by Gasteiger charge is -2.25. The number of amidine groups is 1. The van der Waals surface area contributed by atoms with Gasteiger partial charge in [-0.3, -0.25) is 9.79 Å². The number of aliphatic imine (C=N–C) groups is 1. The number of carboxylic acid groups (broad SMARTS) is 1. The van der Waals surface area contributed by atoms with Crippen molar-refractivity contribution in [2.75, 3.05) is 13.1 Å². The maximum absolute atomic E-state index is 10.4. The van der Waals surface area contributed by atoms with Crippen molar-refractivity contribution in [3.05, 3.63) is 35.4 Å². The summed E-state index contributed by atoms with van der Waals surface area (Å²) in [6.07, 6.45) is 4.55. The van der Waals surface area contributed by atoms with Crippen molar-refractivity contribution in [2.24, 2.45) is 4.99 Å². The van der Waals surface area contributed by atoms with E-state index in [2.05, 4.69) is 39.9 Å². The normalized spacial score (nSPS) is 24.8. The molecule has 2 aliphatic heterocycles. The summed E-state index contributed by atoms with van der Waals surface area (Å²) in [5.74, 6) is 0.655. The van der Waals surface area contributed by atoms with E-state index in [-0.39, 0.29) is 5.91 Å². The first-order valence-corrected chi connectivity index (χ1v) is 8.53. The zero-order valence-corrected chi connectivity index (χ0v) is 13.6. The molecule has 0 aromatic heterocycles. The van der Waals surface area contributed by atoms with E-state index in [9.17, 15) is 9.59 Å². The predicted octanol–water partition coefficient (Wildman–Crippen LogP) is 1.46. The molecule has 1 aromatic rings. The fourth-order valence-corrected chi connectivity index (χ4v) is 3.49. The van der Waals surface area contributed by atoms with Gasteiger partial charge >= 0.3 is 5.97 Å². The lowest BCUT2D eigenvalue weighted by Crippen LogP contribution is -2.32. The van der Waals surface area contributed by atoms with Crippen LogP contribution >= 0.6 is 0 Å². The van der Waals surface area contributed by atoms with E-state index >= 15 is 0 Å². The molecule has 128 valence electrons. The minimum atomic E-state index is -0.944. The van der Waals surface area contributed by atoms with E-state index in [1.165, 1.54) is 36.2 Å². The van der Waals surface area contributed by atoms with Gasteiger partial charge in [0, 0.05) is 18.9 Å². The standard InChI is InChI=1S/C13H16N2.C5H7NO3/c1-2-6-11-10(4-1)5-3-7-12(11)13-14-8-9-15-13;7-4-2-1-3(6-4)5(8)9/h1-2,4,6,12H,3,5,7-9H2,(H,14,15);3H,1-2H2,(H,6,7)(H,8,9)/t;3-/m.0/s1. The molecule has 2 heterocycles. The summed E-state index contributed by atoms with van der Waals surface area (Å²) < 4.78 is 0. The van der Waals surface area contributed by atoms with Gasteiger partial charge in [0.05, 0.1) is 6.54 Å². The molecular weight excluding hydrogens is 306 g/mol. The average molecular weight is 329 g/mol. The molecule has 6 heteroatoms. The van der Waals surface area contributed by atoms with Gasteiger partial charge < -0.3 is 15.7 Å². The SMILES string of the molecule is O=C1CC[C@@H](C(=O)O)N1.c1ccc2c(c1)CCCC2C1=NCCN1. The van der Waals surface area contributed by atoms with E-state index in [4.69, 9.17) is 5.11 Å². The van der Waals surface area contributed by atoms with Gasteiger partial charge in [0.15, 0.2) is 0 Å². The molecule has 1 amide bonds. The van der Waals surface area contributed by atoms with E-state index in [1.54, 1.807) is 0 Å². The number of carboxylic acids is 1. The molecule has 2 atom stereocenters. The molecule has 0 bridgehead atoms. The van der Waals surface area contributed by atoms with Crippen LogP contribution in [0.5, 0.6) is 0 Å². The van der Waals surface area contributed by atoms with Crippen LogP contribution in [0.4, 0.5) is 0 Å². The number of nitrogens with one attached hydrogen (secondary N) is 2. The Bertz CT molecular complexity index is 657. The highest BCUT2D eigenvalue weighted by Gasteiger charge is 2.26. The minimum absolute atomic E-state index is 0.164. The van der Waals surface area contributed by atoms with E-state index in [0.717, 1.165) is 13.1 Å². The fourth-order valence-electron chi connectivity index (χ4n) is 3.49. The second-order valence-electron chi connectivity index (χ2n) is 6.33. The van der Waals surface area contributed by atoms with Crippen LogP contribution < -0.4 is 10.6 Å². The Balaban J connectivity index is 0.000000162. The van der Waals surface area contributed by atoms with Crippen LogP contribution in [-0.2, 0) is 16.0 Å². The largest absolute Gasteiger partial charge is 0.480 e. The highest BCUT2D eigenvalue weighted by atomic mass is 16.4. The third-order valence-corrected chi connectivity index (χ3v) is 4.69. The quantitative estimate of drug-likeness (QED) is 0.766. The number of carbonyl (C=O) groups is 2. The van der Waals surface area contributed by atoms with E-state index in [1.807, 2.05) is 0 Å². The van der Waals surface area contributed by atoms with Crippen molar-refractivity contribution in [3.63, 3.8) is 0 Å². The number of rotatable bonds is 2. The number of amides is 1. The number of fused-ring (bicyclic) bond motifs is 1. The molecule has 1 aromatic carbocycles. The van der Waals surface area contributed by atoms with Gasteiger partial charge in [-0.15, -0.1) is 0 Å². The van der Waals surface area contributed by atoms with E-state index < -0.39 is 12.0 Å². The lowest BCUT2D eigenvalue weighted by atomic mass is 9.82. The Morgan fingerprint density at radius 2 is 2.04 bits per heavy atom. The maximum atomic E-state index is 10.4. The molecular formula is C18H23N3O3. The van der Waals surface area contributed by atoms with Gasteiger partial charge in [0.2, 0.25) is 5.91 Å². The number of hydrogen-bond acceptors (Lipinski definition) is 4. The summed E-state index contributed by atoms with van der Waals surface area (Å²) in [7, 11) is 0. The molecule has 0 saturated carbocycles. The number of aryl methyl sites for hydroxylation is 1. The van der Waals surface area contributed by atoms with Crippen LogP contribution in [-0.4, -0.2) is 41.9 Å². The maximum Gasteiger partial charge on any atom is 0.326 e. The van der Waals surface area contributed by atoms with Crippen LogP contribution in [0.1, 0.15) is 42.7 Å². The summed E-state index contributed by atoms with van der Waals surface area (Å²) in [5.41, 5.74) is 3.02. The highest BCUT2D eigenvalue weighted by molar-refractivity contribution is 5.90. The molecule has 6 nitrogen and oxygen atoms in total. The van der Waals surface area contributed by atoms with Crippen molar-refractivity contribution in [1.82, 2.24) is 10.6 Å². The molecule has 1 unspecified atom stereocenters. The summed E-state index contributed by atoms with van der Waals surface area (Å²) in [6.45, 7) is 1.97. The number of carbonyl (C=O) groups excluding carboxylic acids is 1. The summed E-state index contributed by atoms with van der Waals surface area (Å²) in [4.78, 5) is 25.1. The Kier molecular flexibility index (Phi) is 5.13. The van der Waals surface area contributed by atoms with Crippen LogP contribution in [0.3, 0.4) is 0 Å². The Morgan fingerprint density at radius 3 is 2.67 bits per heavy atom. The van der Waals surface area contributed by atoms with Gasteiger partial charge in [-0.1, -0.05) is 24.3 Å². The summed E-state index contributed by atoms with van der Waals surface area (Å²) in [6, 6.07) is 8.17. The highest BCUT2D eigenvalue weighted by Crippen LogP contribution is 2.32. The van der Waals surface area contributed by atoms with Crippen molar-refractivity contribution in [3.8, 4) is 0 Å². The third kappa shape index (κ3) is 3.75. The fraction of sp³-hybridized carbons (Fsp3) is 0.500. The molecule has 3 N–H and O–H groups in total. The number of benzene rings is 1. The topological polar surface area (TPSA) is 90.8 Å². The van der Waals surface area contributed by atoms with Gasteiger partial charge in [-0.25, -0.2) is 4.79 Å². The van der Waals surface area contributed by atoms with Gasteiger partial charge in [0.1, 0.15) is 11.9 Å². The Hall–Kier alpha value is -2.37. The zero-order chi connectivity index (χ0) is 16.9. The molecule has 0 spiro atoms. The first-order valence-electron chi connectivity index (χ1n) is 8.53. The van der Waals surface area contributed by atoms with Crippen LogP contribution in [0.2, 0.25) is 0 Å². The van der Waals surface area contributed by atoms with Crippen molar-refractivity contribution >= 4 is 17.7 Å². The molecule has 3 aliphatic rings.